The smallest absolute Gasteiger partial charge is 0.254 e. The first kappa shape index (κ1) is 13.2. The second kappa shape index (κ2) is 4.80. The summed E-state index contributed by atoms with van der Waals surface area (Å²) in [5.41, 5.74) is 0.731. The average Bonchev–Trinajstić information content (AvgIpc) is 2.82. The Morgan fingerprint density at radius 1 is 1.00 bits per heavy atom. The van der Waals surface area contributed by atoms with Crippen molar-refractivity contribution in [2.45, 2.75) is 12.8 Å². The Bertz CT molecular complexity index is 660. The fourth-order valence-corrected chi connectivity index (χ4v) is 3.86. The zero-order valence-corrected chi connectivity index (χ0v) is 11.9. The number of fused-ring (bicyclic) bond motifs is 1. The van der Waals surface area contributed by atoms with Crippen LogP contribution in [0.1, 0.15) is 18.4 Å². The van der Waals surface area contributed by atoms with Crippen molar-refractivity contribution in [1.82, 2.24) is 5.01 Å². The molecule has 2 fully saturated rings. The third-order valence-electron chi connectivity index (χ3n) is 4.95. The van der Waals surface area contributed by atoms with E-state index < -0.39 is 0 Å². The first-order chi connectivity index (χ1) is 10.6. The predicted octanol–water partition coefficient (Wildman–Crippen LogP) is 1.92. The van der Waals surface area contributed by atoms with Crippen molar-refractivity contribution >= 4 is 18.0 Å². The number of carbonyl (C=O) groups excluding carboxylic acids is 2. The highest BCUT2D eigenvalue weighted by Crippen LogP contribution is 2.49. The van der Waals surface area contributed by atoms with Crippen LogP contribution >= 0.6 is 0 Å². The van der Waals surface area contributed by atoms with Crippen molar-refractivity contribution in [3.05, 3.63) is 42.0 Å². The molecule has 0 radical (unpaired) electrons. The van der Waals surface area contributed by atoms with Gasteiger partial charge in [0.1, 0.15) is 5.75 Å². The molecule has 1 saturated heterocycles. The first-order valence-electron chi connectivity index (χ1n) is 7.54. The second-order valence-electron chi connectivity index (χ2n) is 6.17. The summed E-state index contributed by atoms with van der Waals surface area (Å²) in [5.74, 6) is -0.283. The zero-order valence-electron chi connectivity index (χ0n) is 11.9. The van der Waals surface area contributed by atoms with Crippen LogP contribution in [0.25, 0.3) is 0 Å². The van der Waals surface area contributed by atoms with Gasteiger partial charge in [-0.05, 0) is 54.5 Å². The highest BCUT2D eigenvalue weighted by molar-refractivity contribution is 6.06. The Balaban J connectivity index is 1.60. The number of nitrogens with zero attached hydrogens (tertiary/aromatic N) is 2. The highest BCUT2D eigenvalue weighted by atomic mass is 16.3. The van der Waals surface area contributed by atoms with E-state index in [1.165, 1.54) is 6.21 Å². The van der Waals surface area contributed by atoms with Crippen LogP contribution < -0.4 is 0 Å². The van der Waals surface area contributed by atoms with Gasteiger partial charge in [0.25, 0.3) is 11.8 Å². The molecule has 4 aliphatic rings. The molecule has 4 atom stereocenters. The maximum Gasteiger partial charge on any atom is 0.254 e. The van der Waals surface area contributed by atoms with Crippen molar-refractivity contribution in [1.29, 1.82) is 0 Å². The molecule has 1 N–H and O–H groups in total. The van der Waals surface area contributed by atoms with Gasteiger partial charge in [-0.1, -0.05) is 12.2 Å². The lowest BCUT2D eigenvalue weighted by molar-refractivity contribution is -0.140. The lowest BCUT2D eigenvalue weighted by Crippen LogP contribution is -2.38. The molecule has 1 aliphatic heterocycles. The van der Waals surface area contributed by atoms with E-state index >= 15 is 0 Å². The molecule has 112 valence electrons. The van der Waals surface area contributed by atoms with Crippen LogP contribution in [0.2, 0.25) is 0 Å². The Labute approximate surface area is 127 Å². The molecule has 1 heterocycles. The number of phenols is 1. The first-order valence-corrected chi connectivity index (χ1v) is 7.54. The number of phenolic OH excluding ortho intramolecular Hbond substituents is 1. The standard InChI is InChI=1S/C17H16N2O3/c20-13-7-1-10(2-8-13)9-18-19-16(21)14-11-3-4-12(6-5-11)15(14)17(19)22/h1-4,7-9,11-12,14-15,20H,5-6H2/b18-9+/t11-,12+,14-,15-/m0/s1. The Hall–Kier alpha value is -2.43. The molecule has 2 amide bonds. The van der Waals surface area contributed by atoms with Crippen molar-refractivity contribution in [3.63, 3.8) is 0 Å². The summed E-state index contributed by atoms with van der Waals surface area (Å²) in [6, 6.07) is 6.45. The SMILES string of the molecule is O=C1[C@@H]2[C@@H](C(=O)N1/N=C/c1ccc(O)cc1)[C@H]1C=C[C@@H]2CC1. The van der Waals surface area contributed by atoms with Crippen molar-refractivity contribution in [2.24, 2.45) is 28.8 Å². The van der Waals surface area contributed by atoms with Crippen LogP contribution in [0.4, 0.5) is 0 Å². The number of benzene rings is 1. The van der Waals surface area contributed by atoms with Gasteiger partial charge < -0.3 is 5.11 Å². The number of hydrazone groups is 1. The van der Waals surface area contributed by atoms with Gasteiger partial charge in [0.2, 0.25) is 0 Å². The predicted molar refractivity (Wildman–Crippen MR) is 79.9 cm³/mol. The monoisotopic (exact) mass is 296 g/mol. The van der Waals surface area contributed by atoms with E-state index in [4.69, 9.17) is 0 Å². The molecule has 5 heteroatoms. The van der Waals surface area contributed by atoms with E-state index in [1.807, 2.05) is 0 Å². The molecule has 5 rings (SSSR count). The maximum absolute atomic E-state index is 12.5. The summed E-state index contributed by atoms with van der Waals surface area (Å²) >= 11 is 0. The minimum absolute atomic E-state index is 0.166. The Morgan fingerprint density at radius 2 is 1.55 bits per heavy atom. The average molecular weight is 296 g/mol. The number of aromatic hydroxyl groups is 1. The summed E-state index contributed by atoms with van der Waals surface area (Å²) in [6.07, 6.45) is 7.64. The van der Waals surface area contributed by atoms with Crippen molar-refractivity contribution in [2.75, 3.05) is 0 Å². The van der Waals surface area contributed by atoms with E-state index in [0.717, 1.165) is 23.4 Å². The van der Waals surface area contributed by atoms with Crippen LogP contribution in [-0.2, 0) is 9.59 Å². The van der Waals surface area contributed by atoms with Gasteiger partial charge in [-0.3, -0.25) is 9.59 Å². The molecule has 0 aromatic heterocycles. The Morgan fingerprint density at radius 3 is 2.05 bits per heavy atom. The quantitative estimate of drug-likeness (QED) is 0.515. The molecule has 2 bridgehead atoms. The second-order valence-corrected chi connectivity index (χ2v) is 6.17. The normalized spacial score (nSPS) is 33.0. The number of carbonyl (C=O) groups is 2. The van der Waals surface area contributed by atoms with E-state index in [-0.39, 0.29) is 41.2 Å². The molecule has 0 spiro atoms. The van der Waals surface area contributed by atoms with Crippen molar-refractivity contribution in [3.8, 4) is 5.75 Å². The number of rotatable bonds is 2. The van der Waals surface area contributed by atoms with Gasteiger partial charge in [-0.25, -0.2) is 0 Å². The number of amides is 2. The van der Waals surface area contributed by atoms with E-state index in [2.05, 4.69) is 17.3 Å². The summed E-state index contributed by atoms with van der Waals surface area (Å²) < 4.78 is 0. The molecule has 22 heavy (non-hydrogen) atoms. The molecule has 1 aromatic rings. The zero-order chi connectivity index (χ0) is 15.3. The van der Waals surface area contributed by atoms with E-state index in [1.54, 1.807) is 24.3 Å². The third kappa shape index (κ3) is 1.89. The molecule has 5 nitrogen and oxygen atoms in total. The molecule has 0 unspecified atom stereocenters. The largest absolute Gasteiger partial charge is 0.508 e. The van der Waals surface area contributed by atoms with Crippen molar-refractivity contribution < 1.29 is 14.7 Å². The van der Waals surface area contributed by atoms with Gasteiger partial charge >= 0.3 is 0 Å². The van der Waals surface area contributed by atoms with Crippen LogP contribution in [0, 0.1) is 23.7 Å². The molecule has 1 saturated carbocycles. The van der Waals surface area contributed by atoms with E-state index in [9.17, 15) is 14.7 Å². The minimum Gasteiger partial charge on any atom is -0.508 e. The van der Waals surface area contributed by atoms with Gasteiger partial charge in [-0.15, -0.1) is 0 Å². The van der Waals surface area contributed by atoms with Gasteiger partial charge in [-0.2, -0.15) is 10.1 Å². The van der Waals surface area contributed by atoms with Crippen LogP contribution in [-0.4, -0.2) is 28.1 Å². The topological polar surface area (TPSA) is 70.0 Å². The lowest BCUT2D eigenvalue weighted by Gasteiger charge is -2.37. The minimum atomic E-state index is -0.229. The maximum atomic E-state index is 12.5. The van der Waals surface area contributed by atoms with Gasteiger partial charge in [0.15, 0.2) is 0 Å². The number of hydrogen-bond donors (Lipinski definition) is 1. The highest BCUT2D eigenvalue weighted by Gasteiger charge is 2.56. The fourth-order valence-electron chi connectivity index (χ4n) is 3.86. The summed E-state index contributed by atoms with van der Waals surface area (Å²) in [6.45, 7) is 0. The van der Waals surface area contributed by atoms with Crippen LogP contribution in [0.5, 0.6) is 5.75 Å². The molecular formula is C17H16N2O3. The fraction of sp³-hybridized carbons (Fsp3) is 0.353. The number of allylic oxidation sites excluding steroid dienone is 2. The van der Waals surface area contributed by atoms with Crippen LogP contribution in [0.15, 0.2) is 41.5 Å². The summed E-state index contributed by atoms with van der Waals surface area (Å²) in [4.78, 5) is 25.1. The molecular weight excluding hydrogens is 280 g/mol. The summed E-state index contributed by atoms with van der Waals surface area (Å²) in [5, 5.41) is 14.4. The van der Waals surface area contributed by atoms with Crippen LogP contribution in [0.3, 0.4) is 0 Å². The third-order valence-corrected chi connectivity index (χ3v) is 4.95. The number of imide groups is 1. The number of hydrogen-bond acceptors (Lipinski definition) is 4. The Kier molecular flexibility index (Phi) is 2.89. The molecule has 3 aliphatic carbocycles. The van der Waals surface area contributed by atoms with Gasteiger partial charge in [0.05, 0.1) is 18.1 Å². The van der Waals surface area contributed by atoms with Gasteiger partial charge in [0, 0.05) is 0 Å². The summed E-state index contributed by atoms with van der Waals surface area (Å²) in [7, 11) is 0. The lowest BCUT2D eigenvalue weighted by atomic mass is 9.63. The molecule has 1 aromatic carbocycles. The van der Waals surface area contributed by atoms with E-state index in [0.29, 0.717) is 0 Å².